The van der Waals surface area contributed by atoms with E-state index in [1.807, 2.05) is 68.4 Å². The largest absolute Gasteiger partial charge is 0.438 e. The van der Waals surface area contributed by atoms with Crippen LogP contribution in [0.2, 0.25) is 0 Å². The fourth-order valence-electron chi connectivity index (χ4n) is 4.74. The molecular formula is C29H35N3O4. The number of carbonyl (C=O) groups is 1. The van der Waals surface area contributed by atoms with Crippen LogP contribution in [-0.4, -0.2) is 38.0 Å². The molecule has 0 spiro atoms. The van der Waals surface area contributed by atoms with Crippen LogP contribution in [0.4, 0.5) is 4.79 Å². The Kier molecular flexibility index (Phi) is 7.31. The van der Waals surface area contributed by atoms with Crippen molar-refractivity contribution in [2.24, 2.45) is 0 Å². The number of aryl methyl sites for hydroxylation is 1. The average Bonchev–Trinajstić information content (AvgIpc) is 2.88. The zero-order valence-electron chi connectivity index (χ0n) is 21.5. The van der Waals surface area contributed by atoms with Gasteiger partial charge < -0.3 is 14.7 Å². The summed E-state index contributed by atoms with van der Waals surface area (Å²) in [5, 5.41) is 14.8. The molecule has 1 N–H and O–H groups in total. The summed E-state index contributed by atoms with van der Waals surface area (Å²) < 4.78 is 7.61. The molecule has 0 saturated carbocycles. The maximum absolute atomic E-state index is 13.3. The fraction of sp³-hybridized carbons (Fsp3) is 0.414. The number of hydrogen-bond donors (Lipinski definition) is 1. The Labute approximate surface area is 212 Å². The molecule has 1 saturated heterocycles. The van der Waals surface area contributed by atoms with Gasteiger partial charge in [-0.1, -0.05) is 54.6 Å². The Morgan fingerprint density at radius 3 is 2.36 bits per heavy atom. The van der Waals surface area contributed by atoms with Crippen molar-refractivity contribution in [1.82, 2.24) is 14.7 Å². The van der Waals surface area contributed by atoms with Gasteiger partial charge in [0.1, 0.15) is 5.60 Å². The number of aliphatic hydroxyl groups is 1. The van der Waals surface area contributed by atoms with Crippen LogP contribution >= 0.6 is 0 Å². The van der Waals surface area contributed by atoms with Crippen molar-refractivity contribution in [3.63, 3.8) is 0 Å². The molecule has 0 aliphatic carbocycles. The van der Waals surface area contributed by atoms with E-state index in [1.165, 1.54) is 10.7 Å². The van der Waals surface area contributed by atoms with Crippen LogP contribution < -0.4 is 5.56 Å². The van der Waals surface area contributed by atoms with Gasteiger partial charge in [0.25, 0.3) is 5.56 Å². The molecule has 1 aromatic heterocycles. The lowest BCUT2D eigenvalue weighted by atomic mass is 9.82. The van der Waals surface area contributed by atoms with Gasteiger partial charge in [-0.3, -0.25) is 4.79 Å². The number of amides is 1. The summed E-state index contributed by atoms with van der Waals surface area (Å²) in [6.45, 7) is 8.50. The number of benzene rings is 2. The highest BCUT2D eigenvalue weighted by molar-refractivity contribution is 5.70. The van der Waals surface area contributed by atoms with Crippen molar-refractivity contribution in [1.29, 1.82) is 0 Å². The van der Waals surface area contributed by atoms with Crippen LogP contribution in [0.5, 0.6) is 0 Å². The minimum Gasteiger partial charge on any atom is -0.438 e. The lowest BCUT2D eigenvalue weighted by molar-refractivity contribution is -0.0767. The number of nitrogens with zero attached hydrogens (tertiary/aromatic N) is 3. The highest BCUT2D eigenvalue weighted by atomic mass is 16.6. The second-order valence-electron chi connectivity index (χ2n) is 10.2. The second kappa shape index (κ2) is 10.3. The van der Waals surface area contributed by atoms with E-state index >= 15 is 0 Å². The van der Waals surface area contributed by atoms with E-state index in [0.717, 1.165) is 22.4 Å². The van der Waals surface area contributed by atoms with Crippen molar-refractivity contribution in [2.45, 2.75) is 70.7 Å². The highest BCUT2D eigenvalue weighted by Crippen LogP contribution is 2.41. The molecule has 36 heavy (non-hydrogen) atoms. The van der Waals surface area contributed by atoms with Crippen LogP contribution in [0.1, 0.15) is 64.1 Å². The lowest BCUT2D eigenvalue weighted by Crippen LogP contribution is -2.49. The molecule has 1 aliphatic rings. The monoisotopic (exact) mass is 489 g/mol. The summed E-state index contributed by atoms with van der Waals surface area (Å²) in [5.41, 5.74) is 1.86. The molecule has 7 heteroatoms. The summed E-state index contributed by atoms with van der Waals surface area (Å²) in [7, 11) is 0. The van der Waals surface area contributed by atoms with Crippen molar-refractivity contribution >= 4 is 6.09 Å². The molecule has 1 aliphatic heterocycles. The van der Waals surface area contributed by atoms with Crippen molar-refractivity contribution in [2.75, 3.05) is 6.54 Å². The summed E-state index contributed by atoms with van der Waals surface area (Å²) in [5.74, 6) is 0. The highest BCUT2D eigenvalue weighted by Gasteiger charge is 2.44. The van der Waals surface area contributed by atoms with E-state index in [1.54, 1.807) is 24.8 Å². The molecule has 0 bridgehead atoms. The Morgan fingerprint density at radius 1 is 1.06 bits per heavy atom. The minimum atomic E-state index is -0.848. The van der Waals surface area contributed by atoms with Crippen LogP contribution in [-0.2, 0) is 16.9 Å². The number of ether oxygens (including phenoxy) is 1. The maximum Gasteiger partial charge on any atom is 0.411 e. The van der Waals surface area contributed by atoms with Crippen molar-refractivity contribution < 1.29 is 14.6 Å². The third kappa shape index (κ3) is 5.51. The van der Waals surface area contributed by atoms with Gasteiger partial charge in [0.2, 0.25) is 0 Å². The summed E-state index contributed by atoms with van der Waals surface area (Å²) in [4.78, 5) is 26.9. The lowest BCUT2D eigenvalue weighted by Gasteiger charge is -2.44. The van der Waals surface area contributed by atoms with E-state index in [9.17, 15) is 14.7 Å². The summed E-state index contributed by atoms with van der Waals surface area (Å²) in [6, 6.07) is 20.8. The standard InChI is InChI=1S/C29H35N3O4/c1-5-32-26(33)16-15-25(30-32)23-13-11-22(12-14-23)21(2)31-20-19-29(36-27(31)34,18-17-28(3,4)35)24-9-7-6-8-10-24/h6-16,21,35H,5,17-20H2,1-4H3/t21-,29+/m0/s1. The predicted octanol–water partition coefficient (Wildman–Crippen LogP) is 5.28. The van der Waals surface area contributed by atoms with Gasteiger partial charge in [0.05, 0.1) is 17.3 Å². The third-order valence-corrected chi connectivity index (χ3v) is 7.04. The van der Waals surface area contributed by atoms with E-state index in [4.69, 9.17) is 4.74 Å². The van der Waals surface area contributed by atoms with Gasteiger partial charge in [-0.05, 0) is 57.7 Å². The molecule has 3 aromatic rings. The van der Waals surface area contributed by atoms with E-state index in [-0.39, 0.29) is 17.7 Å². The van der Waals surface area contributed by atoms with E-state index < -0.39 is 11.2 Å². The first-order chi connectivity index (χ1) is 17.1. The Balaban J connectivity index is 1.52. The molecule has 2 aromatic carbocycles. The van der Waals surface area contributed by atoms with Crippen molar-refractivity contribution in [3.8, 4) is 11.3 Å². The molecule has 0 radical (unpaired) electrons. The Hall–Kier alpha value is -3.45. The van der Waals surface area contributed by atoms with Gasteiger partial charge in [-0.2, -0.15) is 5.10 Å². The fourth-order valence-corrected chi connectivity index (χ4v) is 4.74. The van der Waals surface area contributed by atoms with Gasteiger partial charge in [0, 0.05) is 31.1 Å². The average molecular weight is 490 g/mol. The zero-order chi connectivity index (χ0) is 25.9. The number of hydrogen-bond acceptors (Lipinski definition) is 5. The van der Waals surface area contributed by atoms with Gasteiger partial charge in [-0.25, -0.2) is 9.48 Å². The molecule has 2 heterocycles. The van der Waals surface area contributed by atoms with Crippen LogP contribution in [0.3, 0.4) is 0 Å². The minimum absolute atomic E-state index is 0.121. The van der Waals surface area contributed by atoms with Crippen LogP contribution in [0.15, 0.2) is 71.5 Å². The first-order valence-corrected chi connectivity index (χ1v) is 12.6. The van der Waals surface area contributed by atoms with E-state index in [2.05, 4.69) is 5.10 Å². The SMILES string of the molecule is CCn1nc(-c2ccc([C@H](C)N3CC[C@](CCC(C)(C)O)(c4ccccc4)OC3=O)cc2)ccc1=O. The molecular weight excluding hydrogens is 454 g/mol. The number of rotatable bonds is 8. The topological polar surface area (TPSA) is 84.7 Å². The molecule has 7 nitrogen and oxygen atoms in total. The second-order valence-corrected chi connectivity index (χ2v) is 10.2. The Bertz CT molecular complexity index is 1250. The normalized spacial score (nSPS) is 19.1. The quantitative estimate of drug-likeness (QED) is 0.465. The smallest absolute Gasteiger partial charge is 0.411 e. The first kappa shape index (κ1) is 25.6. The van der Waals surface area contributed by atoms with E-state index in [0.29, 0.717) is 32.4 Å². The molecule has 4 rings (SSSR count). The third-order valence-electron chi connectivity index (χ3n) is 7.04. The predicted molar refractivity (Wildman–Crippen MR) is 139 cm³/mol. The first-order valence-electron chi connectivity index (χ1n) is 12.6. The summed E-state index contributed by atoms with van der Waals surface area (Å²) >= 11 is 0. The summed E-state index contributed by atoms with van der Waals surface area (Å²) in [6.07, 6.45) is 1.36. The molecule has 1 fully saturated rings. The number of carbonyl (C=O) groups excluding carboxylic acids is 1. The maximum atomic E-state index is 13.3. The van der Waals surface area contributed by atoms with Gasteiger partial charge in [0.15, 0.2) is 0 Å². The van der Waals surface area contributed by atoms with Gasteiger partial charge in [-0.15, -0.1) is 0 Å². The molecule has 190 valence electrons. The Morgan fingerprint density at radius 2 is 1.75 bits per heavy atom. The van der Waals surface area contributed by atoms with Crippen LogP contribution in [0, 0.1) is 0 Å². The zero-order valence-corrected chi connectivity index (χ0v) is 21.5. The van der Waals surface area contributed by atoms with Crippen molar-refractivity contribution in [3.05, 3.63) is 88.2 Å². The molecule has 0 unspecified atom stereocenters. The number of cyclic esters (lactones) is 1. The van der Waals surface area contributed by atoms with Crippen LogP contribution in [0.25, 0.3) is 11.3 Å². The van der Waals surface area contributed by atoms with Gasteiger partial charge >= 0.3 is 6.09 Å². The molecule has 1 amide bonds. The molecule has 2 atom stereocenters. The number of aromatic nitrogens is 2.